The molecule has 0 aliphatic carbocycles. The van der Waals surface area contributed by atoms with Gasteiger partial charge in [0.05, 0.1) is 37.9 Å². The van der Waals surface area contributed by atoms with Gasteiger partial charge in [-0.1, -0.05) is 20.8 Å². The summed E-state index contributed by atoms with van der Waals surface area (Å²) in [6, 6.07) is 2.87. The molecule has 260 valence electrons. The number of nitriles is 2. The number of esters is 2. The van der Waals surface area contributed by atoms with Crippen LogP contribution in [-0.4, -0.2) is 90.9 Å². The maximum absolute atomic E-state index is 13.2. The van der Waals surface area contributed by atoms with E-state index in [0.29, 0.717) is 6.42 Å². The van der Waals surface area contributed by atoms with Crippen LogP contribution in [0, 0.1) is 40.4 Å². The van der Waals surface area contributed by atoms with E-state index in [1.807, 2.05) is 6.07 Å². The summed E-state index contributed by atoms with van der Waals surface area (Å²) in [7, 11) is -2.19. The minimum Gasteiger partial charge on any atom is -0.481 e. The number of hydrogen-bond donors (Lipinski definition) is 2. The Kier molecular flexibility index (Phi) is 17.0. The van der Waals surface area contributed by atoms with Crippen LogP contribution in [0.3, 0.4) is 0 Å². The lowest BCUT2D eigenvalue weighted by molar-refractivity contribution is -0.151. The Hall–Kier alpha value is -3.69. The minimum absolute atomic E-state index is 0.0493. The average molecular weight is 670 g/mol. The lowest BCUT2D eigenvalue weighted by Crippen LogP contribution is -2.47. The zero-order valence-electron chi connectivity index (χ0n) is 28.7. The molecule has 0 aromatic rings. The molecular formula is C31H51N3O11Si. The van der Waals surface area contributed by atoms with E-state index in [9.17, 15) is 29.2 Å². The molecule has 0 saturated carbocycles. The van der Waals surface area contributed by atoms with E-state index in [-0.39, 0.29) is 50.2 Å². The highest BCUT2D eigenvalue weighted by atomic mass is 28.4. The van der Waals surface area contributed by atoms with Crippen molar-refractivity contribution in [2.75, 3.05) is 19.8 Å². The fourth-order valence-corrected chi connectivity index (χ4v) is 5.75. The SMILES string of the molecule is CCOC(=O)CC(C(C#N)C(=O)OCC)C1C[C@@H](O[Si](C)(C)C(C)(C)C)CN1C(=O)OC(C)(C)C.N#CC(CCC(=O)O)C(=O)O. The quantitative estimate of drug-likeness (QED) is 0.154. The summed E-state index contributed by atoms with van der Waals surface area (Å²) >= 11 is 0. The number of rotatable bonds is 13. The van der Waals surface area contributed by atoms with Crippen molar-refractivity contribution in [2.45, 2.75) is 117 Å². The summed E-state index contributed by atoms with van der Waals surface area (Å²) in [6.07, 6.45) is -1.15. The first-order valence-corrected chi connectivity index (χ1v) is 18.2. The Bertz CT molecular complexity index is 1150. The third kappa shape index (κ3) is 14.2. The van der Waals surface area contributed by atoms with Gasteiger partial charge in [-0.3, -0.25) is 19.2 Å². The normalized spacial score (nSPS) is 18.4. The third-order valence-electron chi connectivity index (χ3n) is 7.61. The fourth-order valence-electron chi connectivity index (χ4n) is 4.40. The molecule has 46 heavy (non-hydrogen) atoms. The second kappa shape index (κ2) is 18.5. The fraction of sp³-hybridized carbons (Fsp3) is 0.774. The number of carbonyl (C=O) groups is 5. The summed E-state index contributed by atoms with van der Waals surface area (Å²) in [4.78, 5) is 60.0. The van der Waals surface area contributed by atoms with Crippen LogP contribution in [0.2, 0.25) is 18.1 Å². The highest BCUT2D eigenvalue weighted by Crippen LogP contribution is 2.41. The van der Waals surface area contributed by atoms with Crippen LogP contribution in [-0.2, 0) is 37.8 Å². The number of nitrogens with zero attached hydrogens (tertiary/aromatic N) is 3. The van der Waals surface area contributed by atoms with Gasteiger partial charge < -0.3 is 33.7 Å². The predicted molar refractivity (Wildman–Crippen MR) is 167 cm³/mol. The Morgan fingerprint density at radius 1 is 0.957 bits per heavy atom. The van der Waals surface area contributed by atoms with Gasteiger partial charge in [-0.15, -0.1) is 0 Å². The van der Waals surface area contributed by atoms with Gasteiger partial charge in [-0.25, -0.2) is 4.79 Å². The number of amides is 1. The number of carboxylic acids is 2. The molecule has 0 radical (unpaired) electrons. The van der Waals surface area contributed by atoms with Crippen molar-refractivity contribution >= 4 is 38.3 Å². The summed E-state index contributed by atoms with van der Waals surface area (Å²) in [5.74, 6) is -6.91. The molecule has 0 spiro atoms. The molecule has 1 heterocycles. The largest absolute Gasteiger partial charge is 0.481 e. The van der Waals surface area contributed by atoms with Crippen LogP contribution in [0.5, 0.6) is 0 Å². The summed E-state index contributed by atoms with van der Waals surface area (Å²) in [5, 5.41) is 34.4. The van der Waals surface area contributed by atoms with Gasteiger partial charge in [-0.05, 0) is 65.6 Å². The van der Waals surface area contributed by atoms with E-state index in [0.717, 1.165) is 0 Å². The predicted octanol–water partition coefficient (Wildman–Crippen LogP) is 4.73. The van der Waals surface area contributed by atoms with Gasteiger partial charge in [0.2, 0.25) is 0 Å². The van der Waals surface area contributed by atoms with Crippen molar-refractivity contribution in [1.82, 2.24) is 4.90 Å². The van der Waals surface area contributed by atoms with Crippen molar-refractivity contribution in [3.05, 3.63) is 0 Å². The minimum atomic E-state index is -2.19. The zero-order chi connectivity index (χ0) is 36.0. The topological polar surface area (TPSA) is 214 Å². The molecule has 0 aromatic carbocycles. The van der Waals surface area contributed by atoms with Crippen LogP contribution in [0.1, 0.15) is 81.1 Å². The number of carbonyl (C=O) groups excluding carboxylic acids is 3. The molecule has 0 aromatic heterocycles. The van der Waals surface area contributed by atoms with Gasteiger partial charge in [0.25, 0.3) is 0 Å². The first-order chi connectivity index (χ1) is 21.0. The molecule has 1 rings (SSSR count). The molecule has 1 aliphatic heterocycles. The lowest BCUT2D eigenvalue weighted by Gasteiger charge is -2.38. The van der Waals surface area contributed by atoms with E-state index in [4.69, 9.17) is 34.1 Å². The van der Waals surface area contributed by atoms with Gasteiger partial charge in [0.15, 0.2) is 8.32 Å². The van der Waals surface area contributed by atoms with E-state index in [1.54, 1.807) is 34.6 Å². The second-order valence-electron chi connectivity index (χ2n) is 13.4. The van der Waals surface area contributed by atoms with E-state index in [2.05, 4.69) is 33.9 Å². The molecule has 2 N–H and O–H groups in total. The van der Waals surface area contributed by atoms with Crippen LogP contribution < -0.4 is 0 Å². The third-order valence-corrected chi connectivity index (χ3v) is 12.1. The molecule has 4 unspecified atom stereocenters. The Morgan fingerprint density at radius 2 is 1.52 bits per heavy atom. The average Bonchev–Trinajstić information content (AvgIpc) is 3.30. The van der Waals surface area contributed by atoms with E-state index >= 15 is 0 Å². The highest BCUT2D eigenvalue weighted by Gasteiger charge is 2.49. The van der Waals surface area contributed by atoms with Crippen molar-refractivity contribution in [3.63, 3.8) is 0 Å². The molecule has 15 heteroatoms. The molecule has 1 amide bonds. The number of hydrogen-bond acceptors (Lipinski definition) is 11. The Morgan fingerprint density at radius 3 is 1.93 bits per heavy atom. The first kappa shape index (κ1) is 42.3. The van der Waals surface area contributed by atoms with Gasteiger partial charge in [0, 0.05) is 24.9 Å². The first-order valence-electron chi connectivity index (χ1n) is 15.3. The van der Waals surface area contributed by atoms with Crippen LogP contribution in [0.4, 0.5) is 4.79 Å². The molecule has 0 bridgehead atoms. The standard InChI is InChI=1S/C25H44N2O7Si.C6H7NO4/c1-11-31-21(28)14-18(19(15-26)22(29)32-12-2)20-13-17(34-35(9,10)25(6,7)8)16-27(20)23(30)33-24(3,4)5;7-3-4(6(10)11)1-2-5(8)9/h17-20H,11-14,16H2,1-10H3;4H,1-2H2,(H,8,9)(H,10,11)/t17-,18?,19?,20?;/m1./s1. The maximum atomic E-state index is 13.2. The zero-order valence-corrected chi connectivity index (χ0v) is 29.7. The Balaban J connectivity index is 0.00000156. The van der Waals surface area contributed by atoms with Gasteiger partial charge in [0.1, 0.15) is 17.4 Å². The number of likely N-dealkylation sites (tertiary alicyclic amines) is 1. The lowest BCUT2D eigenvalue weighted by atomic mass is 9.82. The molecular weight excluding hydrogens is 618 g/mol. The van der Waals surface area contributed by atoms with Crippen LogP contribution in [0.25, 0.3) is 0 Å². The van der Waals surface area contributed by atoms with Crippen molar-refractivity contribution in [2.24, 2.45) is 17.8 Å². The molecule has 5 atom stereocenters. The van der Waals surface area contributed by atoms with Gasteiger partial charge in [-0.2, -0.15) is 10.5 Å². The van der Waals surface area contributed by atoms with Crippen LogP contribution >= 0.6 is 0 Å². The molecule has 1 aliphatic rings. The van der Waals surface area contributed by atoms with Crippen LogP contribution in [0.15, 0.2) is 0 Å². The van der Waals surface area contributed by atoms with Gasteiger partial charge >= 0.3 is 30.0 Å². The maximum Gasteiger partial charge on any atom is 0.410 e. The molecule has 1 fully saturated rings. The van der Waals surface area contributed by atoms with E-state index in [1.165, 1.54) is 11.0 Å². The number of ether oxygens (including phenoxy) is 3. The number of carboxylic acid groups (broad SMARTS) is 2. The van der Waals surface area contributed by atoms with Crippen molar-refractivity contribution in [1.29, 1.82) is 10.5 Å². The smallest absolute Gasteiger partial charge is 0.410 e. The summed E-state index contributed by atoms with van der Waals surface area (Å²) in [5.41, 5.74) is -0.744. The highest BCUT2D eigenvalue weighted by molar-refractivity contribution is 6.74. The second-order valence-corrected chi connectivity index (χ2v) is 18.2. The van der Waals surface area contributed by atoms with Crippen molar-refractivity contribution in [3.8, 4) is 12.1 Å². The van der Waals surface area contributed by atoms with E-state index < -0.39 is 67.7 Å². The Labute approximate surface area is 273 Å². The monoisotopic (exact) mass is 669 g/mol. The molecule has 1 saturated heterocycles. The summed E-state index contributed by atoms with van der Waals surface area (Å²) in [6.45, 7) is 19.8. The number of aliphatic carboxylic acids is 2. The molecule has 14 nitrogen and oxygen atoms in total. The van der Waals surface area contributed by atoms with Crippen molar-refractivity contribution < 1.29 is 52.8 Å². The summed E-state index contributed by atoms with van der Waals surface area (Å²) < 4.78 is 22.5.